The van der Waals surface area contributed by atoms with E-state index in [0.717, 1.165) is 17.0 Å². The van der Waals surface area contributed by atoms with Crippen molar-refractivity contribution in [3.05, 3.63) is 23.8 Å². The van der Waals surface area contributed by atoms with Gasteiger partial charge in [-0.25, -0.2) is 4.98 Å². The molecule has 0 spiro atoms. The molecule has 2 rings (SSSR count). The molecular formula is C9H12N4O. The average molecular weight is 192 g/mol. The van der Waals surface area contributed by atoms with Crippen molar-refractivity contribution in [3.63, 3.8) is 0 Å². The summed E-state index contributed by atoms with van der Waals surface area (Å²) in [6, 6.07) is 0. The van der Waals surface area contributed by atoms with Gasteiger partial charge in [-0.2, -0.15) is 5.10 Å². The standard InChI is InChI=1S/C9H12N4O/c1-6-8(3-10)12-9(14-6)7-4-11-13(2)5-7/h4-5H,3,10H2,1-2H3. The molecule has 5 heteroatoms. The topological polar surface area (TPSA) is 69.9 Å². The molecule has 0 aromatic carbocycles. The second-order valence-electron chi connectivity index (χ2n) is 3.13. The molecule has 0 atom stereocenters. The number of hydrogen-bond acceptors (Lipinski definition) is 4. The maximum Gasteiger partial charge on any atom is 0.229 e. The third-order valence-corrected chi connectivity index (χ3v) is 2.04. The van der Waals surface area contributed by atoms with Crippen LogP contribution >= 0.6 is 0 Å². The van der Waals surface area contributed by atoms with Gasteiger partial charge in [0.2, 0.25) is 5.89 Å². The lowest BCUT2D eigenvalue weighted by atomic mass is 10.3. The van der Waals surface area contributed by atoms with Crippen LogP contribution in [0.4, 0.5) is 0 Å². The maximum absolute atomic E-state index is 5.50. The van der Waals surface area contributed by atoms with Gasteiger partial charge in [-0.1, -0.05) is 0 Å². The van der Waals surface area contributed by atoms with Gasteiger partial charge in [0, 0.05) is 19.8 Å². The first kappa shape index (κ1) is 8.96. The largest absolute Gasteiger partial charge is 0.441 e. The summed E-state index contributed by atoms with van der Waals surface area (Å²) >= 11 is 0. The molecular weight excluding hydrogens is 180 g/mol. The normalized spacial score (nSPS) is 10.8. The van der Waals surface area contributed by atoms with Crippen molar-refractivity contribution in [2.45, 2.75) is 13.5 Å². The minimum Gasteiger partial charge on any atom is -0.441 e. The Bertz CT molecular complexity index is 443. The Kier molecular flexibility index (Phi) is 2.09. The summed E-state index contributed by atoms with van der Waals surface area (Å²) in [7, 11) is 1.85. The summed E-state index contributed by atoms with van der Waals surface area (Å²) in [6.45, 7) is 2.25. The summed E-state index contributed by atoms with van der Waals surface area (Å²) in [5.41, 5.74) is 7.17. The zero-order valence-corrected chi connectivity index (χ0v) is 8.19. The van der Waals surface area contributed by atoms with E-state index in [4.69, 9.17) is 10.2 Å². The second-order valence-corrected chi connectivity index (χ2v) is 3.13. The fourth-order valence-corrected chi connectivity index (χ4v) is 1.27. The molecule has 0 bridgehead atoms. The molecule has 0 aliphatic carbocycles. The van der Waals surface area contributed by atoms with Gasteiger partial charge in [0.15, 0.2) is 0 Å². The van der Waals surface area contributed by atoms with Crippen molar-refractivity contribution >= 4 is 0 Å². The number of aryl methyl sites for hydroxylation is 2. The van der Waals surface area contributed by atoms with Gasteiger partial charge in [0.25, 0.3) is 0 Å². The minimum atomic E-state index is 0.398. The van der Waals surface area contributed by atoms with Crippen LogP contribution < -0.4 is 5.73 Å². The predicted octanol–water partition coefficient (Wildman–Crippen LogP) is 0.842. The quantitative estimate of drug-likeness (QED) is 0.765. The molecule has 0 saturated carbocycles. The molecule has 5 nitrogen and oxygen atoms in total. The Morgan fingerprint density at radius 3 is 2.86 bits per heavy atom. The van der Waals surface area contributed by atoms with Crippen LogP contribution in [0.2, 0.25) is 0 Å². The van der Waals surface area contributed by atoms with Crippen LogP contribution in [0.3, 0.4) is 0 Å². The molecule has 0 amide bonds. The van der Waals surface area contributed by atoms with Gasteiger partial charge >= 0.3 is 0 Å². The summed E-state index contributed by atoms with van der Waals surface area (Å²) in [5.74, 6) is 1.35. The Labute approximate surface area is 81.5 Å². The third-order valence-electron chi connectivity index (χ3n) is 2.04. The minimum absolute atomic E-state index is 0.398. The van der Waals surface area contributed by atoms with Crippen molar-refractivity contribution in [2.75, 3.05) is 0 Å². The van der Waals surface area contributed by atoms with Crippen molar-refractivity contribution in [1.29, 1.82) is 0 Å². The van der Waals surface area contributed by atoms with E-state index in [2.05, 4.69) is 10.1 Å². The first-order valence-electron chi connectivity index (χ1n) is 4.36. The van der Waals surface area contributed by atoms with E-state index in [0.29, 0.717) is 12.4 Å². The maximum atomic E-state index is 5.50. The number of hydrogen-bond donors (Lipinski definition) is 1. The van der Waals surface area contributed by atoms with Gasteiger partial charge in [0.1, 0.15) is 5.76 Å². The van der Waals surface area contributed by atoms with Gasteiger partial charge in [-0.3, -0.25) is 4.68 Å². The zero-order chi connectivity index (χ0) is 10.1. The lowest BCUT2D eigenvalue weighted by Gasteiger charge is -1.85. The van der Waals surface area contributed by atoms with E-state index >= 15 is 0 Å². The molecule has 0 unspecified atom stereocenters. The molecule has 2 N–H and O–H groups in total. The lowest BCUT2D eigenvalue weighted by molar-refractivity contribution is 0.539. The molecule has 0 aliphatic heterocycles. The highest BCUT2D eigenvalue weighted by Gasteiger charge is 2.10. The van der Waals surface area contributed by atoms with E-state index < -0.39 is 0 Å². The van der Waals surface area contributed by atoms with Crippen LogP contribution in [0.25, 0.3) is 11.5 Å². The van der Waals surface area contributed by atoms with Crippen molar-refractivity contribution in [3.8, 4) is 11.5 Å². The first-order valence-corrected chi connectivity index (χ1v) is 4.36. The molecule has 74 valence electrons. The SMILES string of the molecule is Cc1oc(-c2cnn(C)c2)nc1CN. The molecule has 14 heavy (non-hydrogen) atoms. The molecule has 0 fully saturated rings. The summed E-state index contributed by atoms with van der Waals surface area (Å²) in [5, 5.41) is 4.04. The molecule has 2 aromatic heterocycles. The van der Waals surface area contributed by atoms with Gasteiger partial charge in [-0.05, 0) is 6.92 Å². The van der Waals surface area contributed by atoms with Crippen LogP contribution in [0.5, 0.6) is 0 Å². The predicted molar refractivity (Wildman–Crippen MR) is 51.3 cm³/mol. The van der Waals surface area contributed by atoms with Crippen LogP contribution in [0, 0.1) is 6.92 Å². The molecule has 2 aromatic rings. The summed E-state index contributed by atoms with van der Waals surface area (Å²) < 4.78 is 7.17. The monoisotopic (exact) mass is 192 g/mol. The molecule has 2 heterocycles. The van der Waals surface area contributed by atoms with Gasteiger partial charge < -0.3 is 10.2 Å². The highest BCUT2D eigenvalue weighted by Crippen LogP contribution is 2.20. The third kappa shape index (κ3) is 1.42. The van der Waals surface area contributed by atoms with Crippen LogP contribution in [-0.2, 0) is 13.6 Å². The molecule has 0 radical (unpaired) electrons. The van der Waals surface area contributed by atoms with Crippen LogP contribution in [0.15, 0.2) is 16.8 Å². The van der Waals surface area contributed by atoms with E-state index in [9.17, 15) is 0 Å². The van der Waals surface area contributed by atoms with Crippen molar-refractivity contribution in [2.24, 2.45) is 12.8 Å². The average Bonchev–Trinajstić information content (AvgIpc) is 2.71. The number of aromatic nitrogens is 3. The number of nitrogens with two attached hydrogens (primary N) is 1. The first-order chi connectivity index (χ1) is 6.70. The van der Waals surface area contributed by atoms with E-state index in [-0.39, 0.29) is 0 Å². The fraction of sp³-hybridized carbons (Fsp3) is 0.333. The van der Waals surface area contributed by atoms with E-state index in [1.165, 1.54) is 0 Å². The molecule has 0 aliphatic rings. The Morgan fingerprint density at radius 1 is 1.57 bits per heavy atom. The summed E-state index contributed by atoms with van der Waals surface area (Å²) in [4.78, 5) is 4.27. The zero-order valence-electron chi connectivity index (χ0n) is 8.19. The van der Waals surface area contributed by atoms with Crippen LogP contribution in [-0.4, -0.2) is 14.8 Å². The smallest absolute Gasteiger partial charge is 0.229 e. The summed E-state index contributed by atoms with van der Waals surface area (Å²) in [6.07, 6.45) is 3.57. The van der Waals surface area contributed by atoms with Gasteiger partial charge in [0.05, 0.1) is 17.5 Å². The highest BCUT2D eigenvalue weighted by atomic mass is 16.4. The van der Waals surface area contributed by atoms with Crippen molar-refractivity contribution < 1.29 is 4.42 Å². The fourth-order valence-electron chi connectivity index (χ4n) is 1.27. The number of nitrogens with zero attached hydrogens (tertiary/aromatic N) is 3. The van der Waals surface area contributed by atoms with Crippen molar-refractivity contribution in [1.82, 2.24) is 14.8 Å². The number of oxazole rings is 1. The van der Waals surface area contributed by atoms with E-state index in [1.807, 2.05) is 20.2 Å². The second kappa shape index (κ2) is 3.26. The van der Waals surface area contributed by atoms with Crippen LogP contribution in [0.1, 0.15) is 11.5 Å². The molecule has 0 saturated heterocycles. The van der Waals surface area contributed by atoms with E-state index in [1.54, 1.807) is 10.9 Å². The lowest BCUT2D eigenvalue weighted by Crippen LogP contribution is -1.97. The number of rotatable bonds is 2. The highest BCUT2D eigenvalue weighted by molar-refractivity contribution is 5.50. The Hall–Kier alpha value is -1.62. The van der Waals surface area contributed by atoms with Gasteiger partial charge in [-0.15, -0.1) is 0 Å². The Morgan fingerprint density at radius 2 is 2.36 bits per heavy atom. The Balaban J connectivity index is 2.42.